The lowest BCUT2D eigenvalue weighted by Crippen LogP contribution is -2.12. The summed E-state index contributed by atoms with van der Waals surface area (Å²) in [5, 5.41) is 8.95. The molecule has 4 heteroatoms. The SMILES string of the molecule is NC(CCO)c1ccc(F)cc1Cl. The number of hydrogen-bond donors (Lipinski definition) is 2. The van der Waals surface area contributed by atoms with E-state index < -0.39 is 0 Å². The van der Waals surface area contributed by atoms with E-state index in [0.29, 0.717) is 17.0 Å². The molecule has 0 saturated heterocycles. The molecule has 1 aromatic rings. The van der Waals surface area contributed by atoms with E-state index in [1.54, 1.807) is 0 Å². The van der Waals surface area contributed by atoms with Gasteiger partial charge in [0.15, 0.2) is 0 Å². The topological polar surface area (TPSA) is 46.2 Å². The van der Waals surface area contributed by atoms with Gasteiger partial charge in [-0.1, -0.05) is 17.7 Å². The van der Waals surface area contributed by atoms with Gasteiger partial charge >= 0.3 is 0 Å². The highest BCUT2D eigenvalue weighted by Crippen LogP contribution is 2.23. The summed E-state index contributed by atoms with van der Waals surface area (Å²) in [4.78, 5) is 0. The first-order chi connectivity index (χ1) is 6.15. The second-order valence-electron chi connectivity index (χ2n) is 2.78. The predicted molar refractivity (Wildman–Crippen MR) is 50.0 cm³/mol. The van der Waals surface area contributed by atoms with Crippen LogP contribution in [0.1, 0.15) is 18.0 Å². The van der Waals surface area contributed by atoms with Crippen molar-refractivity contribution in [1.82, 2.24) is 0 Å². The summed E-state index contributed by atoms with van der Waals surface area (Å²) in [7, 11) is 0. The van der Waals surface area contributed by atoms with Gasteiger partial charge in [0, 0.05) is 17.7 Å². The minimum atomic E-state index is -0.384. The Hall–Kier alpha value is -0.640. The summed E-state index contributed by atoms with van der Waals surface area (Å²) in [6, 6.07) is 3.72. The molecule has 72 valence electrons. The van der Waals surface area contributed by atoms with Gasteiger partial charge in [-0.3, -0.25) is 0 Å². The highest BCUT2D eigenvalue weighted by atomic mass is 35.5. The van der Waals surface area contributed by atoms with Gasteiger partial charge in [0.2, 0.25) is 0 Å². The minimum Gasteiger partial charge on any atom is -0.396 e. The number of halogens is 2. The summed E-state index contributed by atoms with van der Waals surface area (Å²) in [5.74, 6) is -0.384. The van der Waals surface area contributed by atoms with Crippen LogP contribution >= 0.6 is 11.6 Å². The molecular formula is C9H11ClFNO. The van der Waals surface area contributed by atoms with Crippen LogP contribution in [0.5, 0.6) is 0 Å². The van der Waals surface area contributed by atoms with Crippen LogP contribution in [-0.4, -0.2) is 11.7 Å². The average molecular weight is 204 g/mol. The molecule has 1 unspecified atom stereocenters. The molecule has 0 aliphatic heterocycles. The molecule has 0 aliphatic rings. The van der Waals surface area contributed by atoms with E-state index in [2.05, 4.69) is 0 Å². The molecule has 1 rings (SSSR count). The molecule has 1 aromatic carbocycles. The van der Waals surface area contributed by atoms with Gasteiger partial charge in [-0.25, -0.2) is 4.39 Å². The number of aliphatic hydroxyl groups is 1. The van der Waals surface area contributed by atoms with Crippen molar-refractivity contribution >= 4 is 11.6 Å². The lowest BCUT2D eigenvalue weighted by atomic mass is 10.1. The van der Waals surface area contributed by atoms with E-state index in [-0.39, 0.29) is 18.5 Å². The van der Waals surface area contributed by atoms with Gasteiger partial charge in [0.1, 0.15) is 5.82 Å². The molecule has 3 N–H and O–H groups in total. The second kappa shape index (κ2) is 4.56. The van der Waals surface area contributed by atoms with Gasteiger partial charge in [-0.05, 0) is 24.1 Å². The maximum atomic E-state index is 12.6. The molecule has 0 radical (unpaired) electrons. The molecule has 0 fully saturated rings. The number of hydrogen-bond acceptors (Lipinski definition) is 2. The van der Waals surface area contributed by atoms with Crippen LogP contribution in [0.25, 0.3) is 0 Å². The molecule has 0 spiro atoms. The average Bonchev–Trinajstić information content (AvgIpc) is 2.04. The van der Waals surface area contributed by atoms with Crippen molar-refractivity contribution in [3.63, 3.8) is 0 Å². The van der Waals surface area contributed by atoms with Gasteiger partial charge in [-0.15, -0.1) is 0 Å². The van der Waals surface area contributed by atoms with Crippen LogP contribution in [0.2, 0.25) is 5.02 Å². The van der Waals surface area contributed by atoms with Crippen molar-refractivity contribution < 1.29 is 9.50 Å². The molecule has 0 saturated carbocycles. The van der Waals surface area contributed by atoms with E-state index in [9.17, 15) is 4.39 Å². The number of nitrogens with two attached hydrogens (primary N) is 1. The number of rotatable bonds is 3. The summed E-state index contributed by atoms with van der Waals surface area (Å²) in [6.45, 7) is -0.00509. The van der Waals surface area contributed by atoms with Crippen molar-refractivity contribution in [3.8, 4) is 0 Å². The molecule has 0 aliphatic carbocycles. The third-order valence-electron chi connectivity index (χ3n) is 1.80. The third kappa shape index (κ3) is 2.66. The molecule has 0 heterocycles. The Morgan fingerprint density at radius 3 is 2.77 bits per heavy atom. The molecule has 2 nitrogen and oxygen atoms in total. The fraction of sp³-hybridized carbons (Fsp3) is 0.333. The Labute approximate surface area is 81.1 Å². The maximum absolute atomic E-state index is 12.6. The fourth-order valence-corrected chi connectivity index (χ4v) is 1.40. The highest BCUT2D eigenvalue weighted by molar-refractivity contribution is 6.31. The molecule has 13 heavy (non-hydrogen) atoms. The van der Waals surface area contributed by atoms with Crippen LogP contribution in [0.4, 0.5) is 4.39 Å². The zero-order valence-electron chi connectivity index (χ0n) is 7.00. The van der Waals surface area contributed by atoms with Gasteiger partial charge in [-0.2, -0.15) is 0 Å². The number of benzene rings is 1. The van der Waals surface area contributed by atoms with Crippen molar-refractivity contribution in [1.29, 1.82) is 0 Å². The molecule has 0 aromatic heterocycles. The molecular weight excluding hydrogens is 193 g/mol. The zero-order valence-corrected chi connectivity index (χ0v) is 7.76. The fourth-order valence-electron chi connectivity index (χ4n) is 1.10. The van der Waals surface area contributed by atoms with E-state index in [4.69, 9.17) is 22.4 Å². The first-order valence-corrected chi connectivity index (χ1v) is 4.34. The van der Waals surface area contributed by atoms with Crippen molar-refractivity contribution in [2.45, 2.75) is 12.5 Å². The standard InChI is InChI=1S/C9H11ClFNO/c10-8-5-6(11)1-2-7(8)9(12)3-4-13/h1-2,5,9,13H,3-4,12H2. The maximum Gasteiger partial charge on any atom is 0.124 e. The largest absolute Gasteiger partial charge is 0.396 e. The lowest BCUT2D eigenvalue weighted by molar-refractivity contribution is 0.276. The van der Waals surface area contributed by atoms with Crippen molar-refractivity contribution in [2.75, 3.05) is 6.61 Å². The van der Waals surface area contributed by atoms with Gasteiger partial charge < -0.3 is 10.8 Å². The second-order valence-corrected chi connectivity index (χ2v) is 3.19. The van der Waals surface area contributed by atoms with E-state index in [0.717, 1.165) is 0 Å². The zero-order chi connectivity index (χ0) is 9.84. The van der Waals surface area contributed by atoms with Crippen LogP contribution in [0.3, 0.4) is 0 Å². The van der Waals surface area contributed by atoms with E-state index >= 15 is 0 Å². The Morgan fingerprint density at radius 1 is 1.54 bits per heavy atom. The third-order valence-corrected chi connectivity index (χ3v) is 2.13. The van der Waals surface area contributed by atoms with E-state index in [1.807, 2.05) is 0 Å². The predicted octanol–water partition coefficient (Wildman–Crippen LogP) is 1.86. The normalized spacial score (nSPS) is 12.9. The lowest BCUT2D eigenvalue weighted by Gasteiger charge is -2.11. The first kappa shape index (κ1) is 10.4. The number of aliphatic hydroxyl groups excluding tert-OH is 1. The van der Waals surface area contributed by atoms with Crippen molar-refractivity contribution in [2.24, 2.45) is 5.73 Å². The van der Waals surface area contributed by atoms with Crippen molar-refractivity contribution in [3.05, 3.63) is 34.6 Å². The molecule has 0 bridgehead atoms. The van der Waals surface area contributed by atoms with Crippen LogP contribution in [0.15, 0.2) is 18.2 Å². The quantitative estimate of drug-likeness (QED) is 0.788. The van der Waals surface area contributed by atoms with Gasteiger partial charge in [0.05, 0.1) is 0 Å². The molecule has 0 amide bonds. The first-order valence-electron chi connectivity index (χ1n) is 3.96. The van der Waals surface area contributed by atoms with Crippen LogP contribution in [-0.2, 0) is 0 Å². The Kier molecular flexibility index (Phi) is 3.66. The Bertz CT molecular complexity index is 293. The minimum absolute atomic E-state index is 0.00509. The summed E-state index contributed by atoms with van der Waals surface area (Å²) in [6.07, 6.45) is 0.422. The smallest absolute Gasteiger partial charge is 0.124 e. The highest BCUT2D eigenvalue weighted by Gasteiger charge is 2.09. The summed E-state index contributed by atoms with van der Waals surface area (Å²) < 4.78 is 12.6. The van der Waals surface area contributed by atoms with Crippen LogP contribution < -0.4 is 5.73 Å². The Morgan fingerprint density at radius 2 is 2.23 bits per heavy atom. The van der Waals surface area contributed by atoms with Gasteiger partial charge in [0.25, 0.3) is 0 Å². The summed E-state index contributed by atoms with van der Waals surface area (Å²) >= 11 is 5.76. The summed E-state index contributed by atoms with van der Waals surface area (Å²) in [5.41, 5.74) is 6.35. The van der Waals surface area contributed by atoms with E-state index in [1.165, 1.54) is 18.2 Å². The Balaban J connectivity index is 2.88. The van der Waals surface area contributed by atoms with Crippen LogP contribution in [0, 0.1) is 5.82 Å². The monoisotopic (exact) mass is 203 g/mol. The molecule has 1 atom stereocenters.